The maximum Gasteiger partial charge on any atom is 0.282 e. The number of nitrogens with one attached hydrogen (secondary N) is 3. The van der Waals surface area contributed by atoms with Gasteiger partial charge in [0.2, 0.25) is 0 Å². The summed E-state index contributed by atoms with van der Waals surface area (Å²) in [6.07, 6.45) is 1.66. The van der Waals surface area contributed by atoms with Gasteiger partial charge in [-0.2, -0.15) is 0 Å². The lowest BCUT2D eigenvalue weighted by molar-refractivity contribution is -0.118. The van der Waals surface area contributed by atoms with Crippen molar-refractivity contribution in [2.75, 3.05) is 11.9 Å². The molecule has 0 aliphatic carbocycles. The van der Waals surface area contributed by atoms with Gasteiger partial charge in [-0.05, 0) is 40.2 Å². The van der Waals surface area contributed by atoms with Crippen LogP contribution in [0.3, 0.4) is 0 Å². The number of sulfonamides is 1. The van der Waals surface area contributed by atoms with Crippen LogP contribution in [0.15, 0.2) is 39.8 Å². The molecular formula is C14H13BrN4O5S. The average molecular weight is 429 g/mol. The molecule has 0 saturated heterocycles. The molecule has 132 valence electrons. The number of hydrogen-bond donors (Lipinski definition) is 3. The molecule has 1 aromatic heterocycles. The van der Waals surface area contributed by atoms with Crippen LogP contribution in [0.1, 0.15) is 10.5 Å². The van der Waals surface area contributed by atoms with Crippen LogP contribution < -0.4 is 20.3 Å². The molecule has 1 aliphatic heterocycles. The van der Waals surface area contributed by atoms with Crippen LogP contribution in [-0.2, 0) is 21.9 Å². The lowest BCUT2D eigenvalue weighted by Gasteiger charge is -2.18. The minimum Gasteiger partial charge on any atom is -0.482 e. The van der Waals surface area contributed by atoms with E-state index in [9.17, 15) is 18.0 Å². The van der Waals surface area contributed by atoms with Gasteiger partial charge in [-0.1, -0.05) is 0 Å². The summed E-state index contributed by atoms with van der Waals surface area (Å²) in [5, 5.41) is 2.52. The topological polar surface area (TPSA) is 119 Å². The monoisotopic (exact) mass is 428 g/mol. The summed E-state index contributed by atoms with van der Waals surface area (Å²) in [7, 11) is -2.38. The number of ether oxygens (including phenoxy) is 1. The first-order valence-corrected chi connectivity index (χ1v) is 9.24. The molecule has 0 radical (unpaired) electrons. The van der Waals surface area contributed by atoms with Gasteiger partial charge in [0.05, 0.1) is 10.6 Å². The first-order valence-electron chi connectivity index (χ1n) is 6.97. The van der Waals surface area contributed by atoms with E-state index in [2.05, 4.69) is 26.7 Å². The fourth-order valence-corrected chi connectivity index (χ4v) is 3.60. The first kappa shape index (κ1) is 17.5. The highest BCUT2D eigenvalue weighted by Gasteiger charge is 2.22. The molecule has 2 heterocycles. The molecule has 0 saturated carbocycles. The first-order chi connectivity index (χ1) is 11.8. The number of carbonyl (C=O) groups is 2. The maximum absolute atomic E-state index is 12.3. The molecule has 2 aromatic rings. The van der Waals surface area contributed by atoms with Crippen LogP contribution in [0.5, 0.6) is 5.75 Å². The highest BCUT2D eigenvalue weighted by atomic mass is 79.9. The Morgan fingerprint density at radius 3 is 2.80 bits per heavy atom. The Morgan fingerprint density at radius 1 is 1.36 bits per heavy atom. The zero-order chi connectivity index (χ0) is 18.2. The van der Waals surface area contributed by atoms with Crippen molar-refractivity contribution in [1.82, 2.24) is 14.8 Å². The second kappa shape index (κ2) is 6.50. The van der Waals surface area contributed by atoms with E-state index in [1.807, 2.05) is 4.83 Å². The Balaban J connectivity index is 1.76. The van der Waals surface area contributed by atoms with Crippen molar-refractivity contribution in [3.63, 3.8) is 0 Å². The number of halogens is 1. The van der Waals surface area contributed by atoms with E-state index in [4.69, 9.17) is 4.74 Å². The van der Waals surface area contributed by atoms with Crippen LogP contribution in [0, 0.1) is 0 Å². The molecule has 3 N–H and O–H groups in total. The quantitative estimate of drug-likeness (QED) is 0.620. The molecule has 0 atom stereocenters. The lowest BCUT2D eigenvalue weighted by Crippen LogP contribution is -2.42. The van der Waals surface area contributed by atoms with Gasteiger partial charge in [-0.3, -0.25) is 15.0 Å². The Kier molecular flexibility index (Phi) is 4.54. The minimum absolute atomic E-state index is 0.125. The molecule has 11 heteroatoms. The molecule has 1 aromatic carbocycles. The summed E-state index contributed by atoms with van der Waals surface area (Å²) < 4.78 is 32.1. The van der Waals surface area contributed by atoms with Gasteiger partial charge in [-0.25, -0.2) is 8.42 Å². The Hall–Kier alpha value is -2.37. The van der Waals surface area contributed by atoms with Gasteiger partial charge in [0.15, 0.2) is 6.61 Å². The minimum atomic E-state index is -4.03. The van der Waals surface area contributed by atoms with Crippen LogP contribution in [-0.4, -0.2) is 31.4 Å². The number of rotatable bonds is 4. The summed E-state index contributed by atoms with van der Waals surface area (Å²) >= 11 is 3.23. The van der Waals surface area contributed by atoms with Gasteiger partial charge in [0.25, 0.3) is 21.8 Å². The lowest BCUT2D eigenvalue weighted by atomic mass is 10.2. The molecule has 0 fully saturated rings. The SMILES string of the molecule is Cn1cc(Br)cc1C(=O)NNS(=O)(=O)c1ccc2c(c1)NC(=O)CO2. The van der Waals surface area contributed by atoms with E-state index in [-0.39, 0.29) is 28.8 Å². The van der Waals surface area contributed by atoms with Crippen molar-refractivity contribution in [1.29, 1.82) is 0 Å². The third-order valence-electron chi connectivity index (χ3n) is 3.40. The molecule has 2 amide bonds. The fraction of sp³-hybridized carbons (Fsp3) is 0.143. The van der Waals surface area contributed by atoms with Crippen LogP contribution in [0.25, 0.3) is 0 Å². The Morgan fingerprint density at radius 2 is 2.12 bits per heavy atom. The number of hydrazine groups is 1. The molecule has 9 nitrogen and oxygen atoms in total. The zero-order valence-electron chi connectivity index (χ0n) is 12.9. The second-order valence-corrected chi connectivity index (χ2v) is 7.81. The molecule has 0 bridgehead atoms. The third-order valence-corrected chi connectivity index (χ3v) is 5.08. The highest BCUT2D eigenvalue weighted by Crippen LogP contribution is 2.29. The summed E-state index contributed by atoms with van der Waals surface area (Å²) in [4.78, 5) is 25.3. The summed E-state index contributed by atoms with van der Waals surface area (Å²) in [5.74, 6) is -0.625. The van der Waals surface area contributed by atoms with Crippen molar-refractivity contribution in [3.8, 4) is 5.75 Å². The van der Waals surface area contributed by atoms with Crippen molar-refractivity contribution in [2.45, 2.75) is 4.90 Å². The Bertz CT molecular complexity index is 970. The number of aryl methyl sites for hydroxylation is 1. The fourth-order valence-electron chi connectivity index (χ4n) is 2.22. The van der Waals surface area contributed by atoms with Crippen molar-refractivity contribution < 1.29 is 22.7 Å². The Labute approximate surface area is 151 Å². The van der Waals surface area contributed by atoms with Gasteiger partial charge in [0, 0.05) is 17.7 Å². The van der Waals surface area contributed by atoms with E-state index in [0.29, 0.717) is 10.2 Å². The normalized spacial score (nSPS) is 13.6. The van der Waals surface area contributed by atoms with E-state index >= 15 is 0 Å². The van der Waals surface area contributed by atoms with Gasteiger partial charge in [0.1, 0.15) is 11.4 Å². The summed E-state index contributed by atoms with van der Waals surface area (Å²) in [6.45, 7) is -0.125. The molecular weight excluding hydrogens is 416 g/mol. The number of amides is 2. The second-order valence-electron chi connectivity index (χ2n) is 5.21. The highest BCUT2D eigenvalue weighted by molar-refractivity contribution is 9.10. The van der Waals surface area contributed by atoms with E-state index in [1.54, 1.807) is 23.9 Å². The number of nitrogens with zero attached hydrogens (tertiary/aromatic N) is 1. The number of aromatic nitrogens is 1. The van der Waals surface area contributed by atoms with E-state index < -0.39 is 15.9 Å². The smallest absolute Gasteiger partial charge is 0.282 e. The van der Waals surface area contributed by atoms with Crippen molar-refractivity contribution >= 4 is 43.5 Å². The molecule has 25 heavy (non-hydrogen) atoms. The van der Waals surface area contributed by atoms with Crippen molar-refractivity contribution in [2.24, 2.45) is 7.05 Å². The summed E-state index contributed by atoms with van der Waals surface area (Å²) in [6, 6.07) is 5.54. The number of carbonyl (C=O) groups excluding carboxylic acids is 2. The molecule has 3 rings (SSSR count). The zero-order valence-corrected chi connectivity index (χ0v) is 15.3. The number of anilines is 1. The number of benzene rings is 1. The van der Waals surface area contributed by atoms with Crippen LogP contribution in [0.4, 0.5) is 5.69 Å². The standard InChI is InChI=1S/C14H13BrN4O5S/c1-19-6-8(15)4-11(19)14(21)17-18-25(22,23)9-2-3-12-10(5-9)16-13(20)7-24-12/h2-6,18H,7H2,1H3,(H,16,20)(H,17,21). The predicted octanol–water partition coefficient (Wildman–Crippen LogP) is 0.742. The maximum atomic E-state index is 12.3. The van der Waals surface area contributed by atoms with Crippen LogP contribution >= 0.6 is 15.9 Å². The predicted molar refractivity (Wildman–Crippen MR) is 91.5 cm³/mol. The molecule has 0 spiro atoms. The molecule has 1 aliphatic rings. The van der Waals surface area contributed by atoms with E-state index in [1.165, 1.54) is 18.2 Å². The number of fused-ring (bicyclic) bond motifs is 1. The number of hydrogen-bond acceptors (Lipinski definition) is 5. The average Bonchev–Trinajstić information content (AvgIpc) is 2.90. The van der Waals surface area contributed by atoms with Gasteiger partial charge < -0.3 is 14.6 Å². The molecule has 0 unspecified atom stereocenters. The summed E-state index contributed by atoms with van der Waals surface area (Å²) in [5.41, 5.74) is 2.66. The van der Waals surface area contributed by atoms with E-state index in [0.717, 1.165) is 0 Å². The van der Waals surface area contributed by atoms with Gasteiger partial charge >= 0.3 is 0 Å². The van der Waals surface area contributed by atoms with Crippen molar-refractivity contribution in [3.05, 3.63) is 40.6 Å². The van der Waals surface area contributed by atoms with Crippen LogP contribution in [0.2, 0.25) is 0 Å². The van der Waals surface area contributed by atoms with Gasteiger partial charge in [-0.15, -0.1) is 4.83 Å². The third kappa shape index (κ3) is 3.67. The largest absolute Gasteiger partial charge is 0.482 e.